The second-order valence-electron chi connectivity index (χ2n) is 7.68. The third kappa shape index (κ3) is 8.18. The fraction of sp³-hybridized carbons (Fsp3) is 0.231. The van der Waals surface area contributed by atoms with Crippen LogP contribution in [0.15, 0.2) is 77.3 Å². The largest absolute Gasteiger partial charge is 0.494 e. The molecule has 0 aromatic heterocycles. The van der Waals surface area contributed by atoms with Crippen molar-refractivity contribution in [1.82, 2.24) is 5.32 Å². The van der Waals surface area contributed by atoms with Crippen LogP contribution < -0.4 is 20.1 Å². The maximum Gasteiger partial charge on any atom is 0.261 e. The van der Waals surface area contributed by atoms with Crippen LogP contribution in [-0.2, 0) is 6.42 Å². The Hall–Kier alpha value is -2.90. The zero-order valence-corrected chi connectivity index (χ0v) is 21.0. The van der Waals surface area contributed by atoms with Crippen LogP contribution >= 0.6 is 28.1 Å². The maximum atomic E-state index is 12.8. The van der Waals surface area contributed by atoms with E-state index in [1.54, 1.807) is 12.1 Å². The van der Waals surface area contributed by atoms with Crippen LogP contribution in [0.5, 0.6) is 11.5 Å². The molecule has 0 heterocycles. The summed E-state index contributed by atoms with van der Waals surface area (Å²) in [6.45, 7) is 4.43. The Morgan fingerprint density at radius 3 is 2.58 bits per heavy atom. The molecule has 3 aromatic rings. The highest BCUT2D eigenvalue weighted by Gasteiger charge is 2.16. The Morgan fingerprint density at radius 2 is 1.82 bits per heavy atom. The first-order valence-corrected chi connectivity index (χ1v) is 12.0. The van der Waals surface area contributed by atoms with Gasteiger partial charge in [-0.25, -0.2) is 0 Å². The molecule has 0 bridgehead atoms. The molecule has 0 spiro atoms. The highest BCUT2D eigenvalue weighted by Crippen LogP contribution is 2.24. The van der Waals surface area contributed by atoms with E-state index in [2.05, 4.69) is 38.7 Å². The van der Waals surface area contributed by atoms with E-state index in [0.717, 1.165) is 28.8 Å². The molecular formula is C26H27BrN2O3S. The van der Waals surface area contributed by atoms with Gasteiger partial charge < -0.3 is 14.8 Å². The van der Waals surface area contributed by atoms with Crippen molar-refractivity contribution in [2.75, 3.05) is 11.9 Å². The Kier molecular flexibility index (Phi) is 9.27. The molecule has 0 aliphatic carbocycles. The molecule has 172 valence electrons. The molecule has 2 N–H and O–H groups in total. The summed E-state index contributed by atoms with van der Waals surface area (Å²) in [5.41, 5.74) is 2.43. The molecule has 0 radical (unpaired) electrons. The van der Waals surface area contributed by atoms with E-state index in [0.29, 0.717) is 17.9 Å². The molecule has 3 aromatic carbocycles. The second-order valence-corrected chi connectivity index (χ2v) is 9.00. The predicted octanol–water partition coefficient (Wildman–Crippen LogP) is 6.37. The van der Waals surface area contributed by atoms with E-state index in [9.17, 15) is 4.79 Å². The summed E-state index contributed by atoms with van der Waals surface area (Å²) in [7, 11) is 0. The lowest BCUT2D eigenvalue weighted by atomic mass is 10.1. The van der Waals surface area contributed by atoms with Gasteiger partial charge in [-0.05, 0) is 74.8 Å². The standard InChI is InChI=1S/C26H27BrN2O3S/c1-18(2)32-24-14-13-20(27)16-23(24)25(30)29-26(33)28-21-11-6-12-22(17-21)31-15-7-10-19-8-4-3-5-9-19/h3-6,8-9,11-14,16-18H,7,10,15H2,1-2H3,(H2,28,29,30,33). The third-order valence-corrected chi connectivity index (χ3v) is 5.29. The zero-order valence-electron chi connectivity index (χ0n) is 18.6. The Labute approximate surface area is 208 Å². The number of ether oxygens (including phenoxy) is 2. The molecule has 33 heavy (non-hydrogen) atoms. The minimum Gasteiger partial charge on any atom is -0.494 e. The Bertz CT molecular complexity index is 1090. The number of amides is 1. The molecule has 0 fully saturated rings. The highest BCUT2D eigenvalue weighted by molar-refractivity contribution is 9.10. The number of carbonyl (C=O) groups is 1. The van der Waals surface area contributed by atoms with Crippen LogP contribution in [0.4, 0.5) is 5.69 Å². The van der Waals surface area contributed by atoms with Crippen molar-refractivity contribution in [3.05, 3.63) is 88.4 Å². The number of thiocarbonyl (C=S) groups is 1. The number of benzene rings is 3. The molecule has 1 amide bonds. The van der Waals surface area contributed by atoms with Gasteiger partial charge in [0.15, 0.2) is 5.11 Å². The van der Waals surface area contributed by atoms with Crippen molar-refractivity contribution in [2.45, 2.75) is 32.8 Å². The van der Waals surface area contributed by atoms with Gasteiger partial charge in [0.05, 0.1) is 18.3 Å². The summed E-state index contributed by atoms with van der Waals surface area (Å²) in [6, 6.07) is 23.1. The van der Waals surface area contributed by atoms with E-state index in [-0.39, 0.29) is 17.1 Å². The van der Waals surface area contributed by atoms with Gasteiger partial charge >= 0.3 is 0 Å². The third-order valence-electron chi connectivity index (χ3n) is 4.59. The number of rotatable bonds is 9. The normalized spacial score (nSPS) is 10.5. The van der Waals surface area contributed by atoms with Crippen molar-refractivity contribution in [3.63, 3.8) is 0 Å². The lowest BCUT2D eigenvalue weighted by Gasteiger charge is -2.15. The van der Waals surface area contributed by atoms with Crippen molar-refractivity contribution in [3.8, 4) is 11.5 Å². The quantitative estimate of drug-likeness (QED) is 0.250. The van der Waals surface area contributed by atoms with Gasteiger partial charge in [-0.1, -0.05) is 52.3 Å². The number of nitrogens with one attached hydrogen (secondary N) is 2. The molecule has 5 nitrogen and oxygen atoms in total. The SMILES string of the molecule is CC(C)Oc1ccc(Br)cc1C(=O)NC(=S)Nc1cccc(OCCCc2ccccc2)c1. The molecule has 0 saturated carbocycles. The molecule has 3 rings (SSSR count). The van der Waals surface area contributed by atoms with E-state index >= 15 is 0 Å². The molecule has 0 unspecified atom stereocenters. The maximum absolute atomic E-state index is 12.8. The van der Waals surface area contributed by atoms with Crippen LogP contribution in [0.1, 0.15) is 36.2 Å². The van der Waals surface area contributed by atoms with Gasteiger partial charge in [-0.15, -0.1) is 0 Å². The van der Waals surface area contributed by atoms with Gasteiger partial charge in [0, 0.05) is 16.2 Å². The highest BCUT2D eigenvalue weighted by atomic mass is 79.9. The van der Waals surface area contributed by atoms with Crippen LogP contribution in [0.2, 0.25) is 0 Å². The van der Waals surface area contributed by atoms with E-state index in [4.69, 9.17) is 21.7 Å². The van der Waals surface area contributed by atoms with Gasteiger partial charge in [0.2, 0.25) is 0 Å². The van der Waals surface area contributed by atoms with Gasteiger partial charge in [-0.3, -0.25) is 10.1 Å². The Balaban J connectivity index is 1.53. The van der Waals surface area contributed by atoms with E-state index < -0.39 is 0 Å². The number of halogens is 1. The fourth-order valence-corrected chi connectivity index (χ4v) is 3.72. The lowest BCUT2D eigenvalue weighted by molar-refractivity contribution is 0.0972. The molecule has 0 aliphatic heterocycles. The molecule has 7 heteroatoms. The van der Waals surface area contributed by atoms with Crippen molar-refractivity contribution < 1.29 is 14.3 Å². The monoisotopic (exact) mass is 526 g/mol. The van der Waals surface area contributed by atoms with Crippen molar-refractivity contribution in [2.24, 2.45) is 0 Å². The number of aryl methyl sites for hydroxylation is 1. The number of anilines is 1. The summed E-state index contributed by atoms with van der Waals surface area (Å²) in [5, 5.41) is 5.95. The summed E-state index contributed by atoms with van der Waals surface area (Å²) in [4.78, 5) is 12.8. The van der Waals surface area contributed by atoms with Crippen molar-refractivity contribution >= 4 is 44.9 Å². The minimum absolute atomic E-state index is 0.0572. The molecule has 0 aliphatic rings. The second kappa shape index (κ2) is 12.4. The first-order valence-electron chi connectivity index (χ1n) is 10.8. The summed E-state index contributed by atoms with van der Waals surface area (Å²) >= 11 is 8.74. The summed E-state index contributed by atoms with van der Waals surface area (Å²) in [5.74, 6) is 0.888. The average molecular weight is 527 g/mol. The predicted molar refractivity (Wildman–Crippen MR) is 140 cm³/mol. The lowest BCUT2D eigenvalue weighted by Crippen LogP contribution is -2.34. The smallest absolute Gasteiger partial charge is 0.261 e. The van der Waals surface area contributed by atoms with Crippen LogP contribution in [0.3, 0.4) is 0 Å². The minimum atomic E-state index is -0.349. The average Bonchev–Trinajstić information content (AvgIpc) is 2.78. The topological polar surface area (TPSA) is 59.6 Å². The molecule has 0 saturated heterocycles. The Morgan fingerprint density at radius 1 is 1.03 bits per heavy atom. The van der Waals surface area contributed by atoms with Gasteiger partial charge in [0.1, 0.15) is 11.5 Å². The molecule has 0 atom stereocenters. The summed E-state index contributed by atoms with van der Waals surface area (Å²) < 4.78 is 12.4. The first-order chi connectivity index (χ1) is 15.9. The fourth-order valence-electron chi connectivity index (χ4n) is 3.14. The van der Waals surface area contributed by atoms with Crippen LogP contribution in [0.25, 0.3) is 0 Å². The number of carbonyl (C=O) groups excluding carboxylic acids is 1. The van der Waals surface area contributed by atoms with E-state index in [1.807, 2.05) is 62.4 Å². The summed E-state index contributed by atoms with van der Waals surface area (Å²) in [6.07, 6.45) is 1.83. The van der Waals surface area contributed by atoms with Crippen molar-refractivity contribution in [1.29, 1.82) is 0 Å². The van der Waals surface area contributed by atoms with Crippen LogP contribution in [-0.4, -0.2) is 23.7 Å². The van der Waals surface area contributed by atoms with E-state index in [1.165, 1.54) is 5.56 Å². The molecular weight excluding hydrogens is 500 g/mol. The number of hydrogen-bond acceptors (Lipinski definition) is 4. The van der Waals surface area contributed by atoms with Gasteiger partial charge in [-0.2, -0.15) is 0 Å². The first kappa shape index (κ1) is 24.7. The zero-order chi connectivity index (χ0) is 23.6. The number of hydrogen-bond donors (Lipinski definition) is 2. The van der Waals surface area contributed by atoms with Gasteiger partial charge in [0.25, 0.3) is 5.91 Å². The van der Waals surface area contributed by atoms with Crippen LogP contribution in [0, 0.1) is 0 Å².